The van der Waals surface area contributed by atoms with Crippen molar-refractivity contribution in [3.63, 3.8) is 0 Å². The standard InChI is InChI=1S/C12H15BrN4S/c1-8(6-9-4-3-5-18-9)17(2)11-10(13)7-15-12(14)16-11/h3-5,7-8H,6H2,1-2H3,(H2,14,15,16). The van der Waals surface area contributed by atoms with Gasteiger partial charge in [0.25, 0.3) is 0 Å². The minimum Gasteiger partial charge on any atom is -0.368 e. The van der Waals surface area contributed by atoms with E-state index in [1.807, 2.05) is 7.05 Å². The number of likely N-dealkylation sites (N-methyl/N-ethyl adjacent to an activating group) is 1. The highest BCUT2D eigenvalue weighted by atomic mass is 79.9. The lowest BCUT2D eigenvalue weighted by Gasteiger charge is -2.26. The Hall–Kier alpha value is -1.14. The van der Waals surface area contributed by atoms with Crippen LogP contribution in [0, 0.1) is 0 Å². The maximum absolute atomic E-state index is 5.63. The Morgan fingerprint density at radius 3 is 3.00 bits per heavy atom. The summed E-state index contributed by atoms with van der Waals surface area (Å²) in [5.74, 6) is 1.12. The molecule has 2 rings (SSSR count). The number of thiophene rings is 1. The summed E-state index contributed by atoms with van der Waals surface area (Å²) in [5.41, 5.74) is 5.63. The molecule has 1 atom stereocenters. The van der Waals surface area contributed by atoms with E-state index in [0.29, 0.717) is 12.0 Å². The van der Waals surface area contributed by atoms with E-state index in [2.05, 4.69) is 55.2 Å². The van der Waals surface area contributed by atoms with Crippen LogP contribution in [0.15, 0.2) is 28.2 Å². The Balaban J connectivity index is 2.14. The second-order valence-corrected chi connectivity index (χ2v) is 6.03. The molecular formula is C12H15BrN4S. The van der Waals surface area contributed by atoms with E-state index < -0.39 is 0 Å². The number of halogens is 1. The summed E-state index contributed by atoms with van der Waals surface area (Å²) in [6.07, 6.45) is 2.68. The molecule has 2 aromatic rings. The summed E-state index contributed by atoms with van der Waals surface area (Å²) in [7, 11) is 2.02. The van der Waals surface area contributed by atoms with Crippen LogP contribution in [-0.2, 0) is 6.42 Å². The third-order valence-corrected chi connectivity index (χ3v) is 4.27. The maximum Gasteiger partial charge on any atom is 0.222 e. The molecule has 0 saturated carbocycles. The van der Waals surface area contributed by atoms with Crippen LogP contribution in [0.2, 0.25) is 0 Å². The minimum absolute atomic E-state index is 0.295. The minimum atomic E-state index is 0.295. The zero-order chi connectivity index (χ0) is 13.1. The van der Waals surface area contributed by atoms with E-state index in [1.165, 1.54) is 4.88 Å². The number of aromatic nitrogens is 2. The molecule has 0 aliphatic heterocycles. The summed E-state index contributed by atoms with van der Waals surface area (Å²) >= 11 is 5.23. The number of nitrogens with two attached hydrogens (primary N) is 1. The van der Waals surface area contributed by atoms with Gasteiger partial charge < -0.3 is 10.6 Å². The SMILES string of the molecule is CC(Cc1cccs1)N(C)c1nc(N)ncc1Br. The van der Waals surface area contributed by atoms with Crippen LogP contribution in [-0.4, -0.2) is 23.1 Å². The van der Waals surface area contributed by atoms with Gasteiger partial charge in [0.05, 0.1) is 4.47 Å². The molecule has 96 valence electrons. The van der Waals surface area contributed by atoms with Gasteiger partial charge in [0.2, 0.25) is 5.95 Å². The highest BCUT2D eigenvalue weighted by molar-refractivity contribution is 9.10. The molecule has 0 spiro atoms. The summed E-state index contributed by atoms with van der Waals surface area (Å²) in [6, 6.07) is 4.57. The van der Waals surface area contributed by atoms with E-state index in [1.54, 1.807) is 17.5 Å². The van der Waals surface area contributed by atoms with Crippen molar-refractivity contribution in [2.75, 3.05) is 17.7 Å². The fourth-order valence-corrected chi connectivity index (χ4v) is 2.98. The average molecular weight is 327 g/mol. The molecule has 2 N–H and O–H groups in total. The average Bonchev–Trinajstić information content (AvgIpc) is 2.84. The van der Waals surface area contributed by atoms with Crippen molar-refractivity contribution in [2.45, 2.75) is 19.4 Å². The van der Waals surface area contributed by atoms with Gasteiger partial charge >= 0.3 is 0 Å². The summed E-state index contributed by atoms with van der Waals surface area (Å²) in [6.45, 7) is 2.17. The normalized spacial score (nSPS) is 12.4. The quantitative estimate of drug-likeness (QED) is 0.938. The molecule has 0 radical (unpaired) electrons. The van der Waals surface area contributed by atoms with Crippen molar-refractivity contribution in [3.05, 3.63) is 33.1 Å². The summed E-state index contributed by atoms with van der Waals surface area (Å²) in [5, 5.41) is 2.10. The number of anilines is 2. The first-order chi connectivity index (χ1) is 8.58. The molecule has 0 aliphatic rings. The van der Waals surface area contributed by atoms with Gasteiger partial charge in [0.15, 0.2) is 0 Å². The first-order valence-corrected chi connectivity index (χ1v) is 7.28. The molecular weight excluding hydrogens is 312 g/mol. The molecule has 0 bridgehead atoms. The van der Waals surface area contributed by atoms with E-state index in [0.717, 1.165) is 16.7 Å². The highest BCUT2D eigenvalue weighted by Gasteiger charge is 2.15. The van der Waals surface area contributed by atoms with Crippen molar-refractivity contribution in [1.82, 2.24) is 9.97 Å². The zero-order valence-corrected chi connectivity index (χ0v) is 12.7. The first-order valence-electron chi connectivity index (χ1n) is 5.61. The second kappa shape index (κ2) is 5.67. The van der Waals surface area contributed by atoms with E-state index in [-0.39, 0.29) is 0 Å². The number of rotatable bonds is 4. The molecule has 0 fully saturated rings. The molecule has 2 aromatic heterocycles. The molecule has 6 heteroatoms. The lowest BCUT2D eigenvalue weighted by Crippen LogP contribution is -2.31. The molecule has 0 amide bonds. The maximum atomic E-state index is 5.63. The summed E-state index contributed by atoms with van der Waals surface area (Å²) < 4.78 is 0.859. The van der Waals surface area contributed by atoms with Crippen molar-refractivity contribution >= 4 is 39.0 Å². The monoisotopic (exact) mass is 326 g/mol. The zero-order valence-electron chi connectivity index (χ0n) is 10.3. The third-order valence-electron chi connectivity index (χ3n) is 2.82. The van der Waals surface area contributed by atoms with Gasteiger partial charge in [-0.05, 0) is 34.3 Å². The van der Waals surface area contributed by atoms with E-state index >= 15 is 0 Å². The first kappa shape index (κ1) is 13.3. The smallest absolute Gasteiger partial charge is 0.222 e. The number of nitrogens with zero attached hydrogens (tertiary/aromatic N) is 3. The molecule has 2 heterocycles. The molecule has 0 aromatic carbocycles. The lowest BCUT2D eigenvalue weighted by atomic mass is 10.2. The van der Waals surface area contributed by atoms with Crippen molar-refractivity contribution in [3.8, 4) is 0 Å². The fourth-order valence-electron chi connectivity index (χ4n) is 1.68. The lowest BCUT2D eigenvalue weighted by molar-refractivity contribution is 0.678. The van der Waals surface area contributed by atoms with Crippen LogP contribution in [0.5, 0.6) is 0 Å². The van der Waals surface area contributed by atoms with Crippen LogP contribution in [0.25, 0.3) is 0 Å². The molecule has 0 aliphatic carbocycles. The highest BCUT2D eigenvalue weighted by Crippen LogP contribution is 2.25. The Labute approximate surface area is 119 Å². The van der Waals surface area contributed by atoms with Crippen LogP contribution in [0.1, 0.15) is 11.8 Å². The predicted octanol–water partition coefficient (Wildman–Crippen LogP) is 2.95. The van der Waals surface area contributed by atoms with Gasteiger partial charge in [-0.2, -0.15) is 4.98 Å². The van der Waals surface area contributed by atoms with Crippen LogP contribution in [0.4, 0.5) is 11.8 Å². The van der Waals surface area contributed by atoms with Gasteiger partial charge in [-0.15, -0.1) is 11.3 Å². The summed E-state index contributed by atoms with van der Waals surface area (Å²) in [4.78, 5) is 11.7. The van der Waals surface area contributed by atoms with Gasteiger partial charge in [0.1, 0.15) is 5.82 Å². The van der Waals surface area contributed by atoms with E-state index in [4.69, 9.17) is 5.73 Å². The Morgan fingerprint density at radius 1 is 1.56 bits per heavy atom. The van der Waals surface area contributed by atoms with Gasteiger partial charge in [0, 0.05) is 30.6 Å². The number of hydrogen-bond donors (Lipinski definition) is 1. The largest absolute Gasteiger partial charge is 0.368 e. The van der Waals surface area contributed by atoms with Crippen molar-refractivity contribution in [2.24, 2.45) is 0 Å². The predicted molar refractivity (Wildman–Crippen MR) is 80.0 cm³/mol. The van der Waals surface area contributed by atoms with Gasteiger partial charge in [-0.25, -0.2) is 4.98 Å². The molecule has 0 saturated heterocycles. The molecule has 1 unspecified atom stereocenters. The second-order valence-electron chi connectivity index (χ2n) is 4.14. The Bertz CT molecular complexity index is 515. The number of hydrogen-bond acceptors (Lipinski definition) is 5. The van der Waals surface area contributed by atoms with Crippen LogP contribution >= 0.6 is 27.3 Å². The van der Waals surface area contributed by atoms with E-state index in [9.17, 15) is 0 Å². The Morgan fingerprint density at radius 2 is 2.33 bits per heavy atom. The molecule has 18 heavy (non-hydrogen) atoms. The van der Waals surface area contributed by atoms with Gasteiger partial charge in [-0.1, -0.05) is 6.07 Å². The topological polar surface area (TPSA) is 55.0 Å². The van der Waals surface area contributed by atoms with Crippen LogP contribution < -0.4 is 10.6 Å². The fraction of sp³-hybridized carbons (Fsp3) is 0.333. The van der Waals surface area contributed by atoms with Crippen LogP contribution in [0.3, 0.4) is 0 Å². The van der Waals surface area contributed by atoms with Crippen molar-refractivity contribution in [1.29, 1.82) is 0 Å². The van der Waals surface area contributed by atoms with Crippen molar-refractivity contribution < 1.29 is 0 Å². The Kier molecular flexibility index (Phi) is 4.19. The molecule has 4 nitrogen and oxygen atoms in total. The number of nitrogen functional groups attached to an aromatic ring is 1. The third kappa shape index (κ3) is 3.00. The van der Waals surface area contributed by atoms with Gasteiger partial charge in [-0.3, -0.25) is 0 Å².